The highest BCUT2D eigenvalue weighted by atomic mass is 32.2. The van der Waals surface area contributed by atoms with Crippen LogP contribution in [0.2, 0.25) is 0 Å². The summed E-state index contributed by atoms with van der Waals surface area (Å²) < 4.78 is 35.1. The number of primary sulfonamides is 1. The molecule has 0 aliphatic rings. The van der Waals surface area contributed by atoms with Gasteiger partial charge in [-0.2, -0.15) is 4.98 Å². The lowest BCUT2D eigenvalue weighted by Crippen LogP contribution is -2.14. The van der Waals surface area contributed by atoms with E-state index in [1.165, 1.54) is 12.3 Å². The van der Waals surface area contributed by atoms with Crippen LogP contribution in [0.25, 0.3) is 5.78 Å². The molecule has 0 radical (unpaired) electrons. The molecule has 15 heavy (non-hydrogen) atoms. The summed E-state index contributed by atoms with van der Waals surface area (Å²) in [4.78, 5) is 7.28. The quantitative estimate of drug-likeness (QED) is 0.731. The third kappa shape index (κ3) is 1.78. The van der Waals surface area contributed by atoms with Crippen LogP contribution in [0.5, 0.6) is 0 Å². The van der Waals surface area contributed by atoms with E-state index in [1.54, 1.807) is 0 Å². The Balaban J connectivity index is 2.66. The van der Waals surface area contributed by atoms with E-state index in [0.29, 0.717) is 0 Å². The van der Waals surface area contributed by atoms with Crippen LogP contribution in [0.15, 0.2) is 17.4 Å². The molecule has 0 saturated heterocycles. The maximum atomic E-state index is 12.2. The molecule has 0 aromatic carbocycles. The van der Waals surface area contributed by atoms with E-state index in [-0.39, 0.29) is 11.5 Å². The highest BCUT2D eigenvalue weighted by molar-refractivity contribution is 7.89. The molecule has 2 rings (SSSR count). The van der Waals surface area contributed by atoms with Gasteiger partial charge in [0.15, 0.2) is 0 Å². The predicted molar refractivity (Wildman–Crippen MR) is 47.0 cm³/mol. The summed E-state index contributed by atoms with van der Waals surface area (Å²) in [5.74, 6) is -0.00539. The van der Waals surface area contributed by atoms with Crippen molar-refractivity contribution < 1.29 is 12.8 Å². The van der Waals surface area contributed by atoms with E-state index in [2.05, 4.69) is 15.1 Å². The topological polar surface area (TPSA) is 103 Å². The Morgan fingerprint density at radius 2 is 2.20 bits per heavy atom. The molecule has 2 N–H and O–H groups in total. The molecular weight excluding hydrogens is 225 g/mol. The van der Waals surface area contributed by atoms with E-state index < -0.39 is 21.9 Å². The fourth-order valence-electron chi connectivity index (χ4n) is 0.990. The van der Waals surface area contributed by atoms with Gasteiger partial charge in [0.05, 0.1) is 5.69 Å². The summed E-state index contributed by atoms with van der Waals surface area (Å²) in [7, 11) is -3.96. The average molecular weight is 231 g/mol. The maximum absolute atomic E-state index is 12.2. The van der Waals surface area contributed by atoms with Crippen LogP contribution in [0.1, 0.15) is 5.69 Å². The zero-order valence-corrected chi connectivity index (χ0v) is 8.15. The van der Waals surface area contributed by atoms with Crippen molar-refractivity contribution in [3.8, 4) is 0 Å². The van der Waals surface area contributed by atoms with Crippen molar-refractivity contribution in [1.29, 1.82) is 0 Å². The van der Waals surface area contributed by atoms with Crippen LogP contribution in [0.3, 0.4) is 0 Å². The molecule has 0 fully saturated rings. The summed E-state index contributed by atoms with van der Waals surface area (Å²) >= 11 is 0. The lowest BCUT2D eigenvalue weighted by atomic mass is 10.4. The number of alkyl halides is 1. The number of aromatic nitrogens is 4. The first-order valence-corrected chi connectivity index (χ1v) is 5.36. The van der Waals surface area contributed by atoms with Crippen molar-refractivity contribution in [2.75, 3.05) is 0 Å². The Hall–Kier alpha value is -1.61. The molecule has 0 atom stereocenters. The summed E-state index contributed by atoms with van der Waals surface area (Å²) in [6.07, 6.45) is 1.36. The number of nitrogens with two attached hydrogens (primary N) is 1. The number of hydrogen-bond donors (Lipinski definition) is 1. The van der Waals surface area contributed by atoms with E-state index in [4.69, 9.17) is 5.14 Å². The number of nitrogens with zero attached hydrogens (tertiary/aromatic N) is 4. The Bertz CT molecular complexity index is 607. The molecule has 2 aromatic rings. The normalized spacial score (nSPS) is 12.1. The van der Waals surface area contributed by atoms with Gasteiger partial charge in [-0.15, -0.1) is 5.10 Å². The van der Waals surface area contributed by atoms with Gasteiger partial charge in [0.25, 0.3) is 21.0 Å². The minimum atomic E-state index is -3.96. The molecule has 0 spiro atoms. The molecule has 2 aromatic heterocycles. The highest BCUT2D eigenvalue weighted by Crippen LogP contribution is 2.04. The van der Waals surface area contributed by atoms with Crippen molar-refractivity contribution in [1.82, 2.24) is 19.6 Å². The Labute approximate surface area is 83.8 Å². The largest absolute Gasteiger partial charge is 0.284 e. The smallest absolute Gasteiger partial charge is 0.244 e. The first kappa shape index (κ1) is 9.93. The zero-order chi connectivity index (χ0) is 11.1. The van der Waals surface area contributed by atoms with Gasteiger partial charge in [-0.1, -0.05) is 0 Å². The van der Waals surface area contributed by atoms with Gasteiger partial charge < -0.3 is 0 Å². The van der Waals surface area contributed by atoms with E-state index in [1.807, 2.05) is 0 Å². The molecule has 0 saturated carbocycles. The van der Waals surface area contributed by atoms with Crippen LogP contribution in [0, 0.1) is 0 Å². The van der Waals surface area contributed by atoms with Gasteiger partial charge in [0.2, 0.25) is 0 Å². The van der Waals surface area contributed by atoms with Gasteiger partial charge in [-0.3, -0.25) is 0 Å². The number of hydrogen-bond acceptors (Lipinski definition) is 5. The maximum Gasteiger partial charge on any atom is 0.284 e. The fraction of sp³-hybridized carbons (Fsp3) is 0.167. The first-order chi connectivity index (χ1) is 7.00. The van der Waals surface area contributed by atoms with Crippen LogP contribution < -0.4 is 5.14 Å². The van der Waals surface area contributed by atoms with Crippen molar-refractivity contribution >= 4 is 15.8 Å². The molecular formula is C6H6FN5O2S. The fourth-order valence-corrected chi connectivity index (χ4v) is 1.40. The zero-order valence-electron chi connectivity index (χ0n) is 7.33. The van der Waals surface area contributed by atoms with Gasteiger partial charge in [0.1, 0.15) is 6.67 Å². The summed E-state index contributed by atoms with van der Waals surface area (Å²) in [6.45, 7) is -0.756. The second-order valence-corrected chi connectivity index (χ2v) is 4.19. The highest BCUT2D eigenvalue weighted by Gasteiger charge is 2.15. The number of sulfonamides is 1. The molecule has 0 amide bonds. The van der Waals surface area contributed by atoms with E-state index in [0.717, 1.165) is 4.52 Å². The van der Waals surface area contributed by atoms with Crippen molar-refractivity contribution in [3.05, 3.63) is 18.0 Å². The Morgan fingerprint density at radius 3 is 2.80 bits per heavy atom. The lowest BCUT2D eigenvalue weighted by Gasteiger charge is -1.92. The van der Waals surface area contributed by atoms with Crippen molar-refractivity contribution in [2.45, 2.75) is 11.8 Å². The van der Waals surface area contributed by atoms with Crippen molar-refractivity contribution in [3.63, 3.8) is 0 Å². The van der Waals surface area contributed by atoms with Gasteiger partial charge in [-0.05, 0) is 6.07 Å². The number of rotatable bonds is 2. The second-order valence-electron chi connectivity index (χ2n) is 2.74. The second kappa shape index (κ2) is 3.21. The minimum absolute atomic E-state index is 0.00539. The molecule has 2 heterocycles. The summed E-state index contributed by atoms with van der Waals surface area (Å²) in [6, 6.07) is 1.37. The first-order valence-electron chi connectivity index (χ1n) is 3.82. The molecule has 0 aliphatic heterocycles. The molecule has 0 aliphatic carbocycles. The van der Waals surface area contributed by atoms with Crippen LogP contribution >= 0.6 is 0 Å². The minimum Gasteiger partial charge on any atom is -0.244 e. The van der Waals surface area contributed by atoms with Crippen molar-refractivity contribution in [2.24, 2.45) is 5.14 Å². The molecule has 7 nitrogen and oxygen atoms in total. The standard InChI is InChI=1S/C6H6FN5O2S/c7-3-4-1-2-12-5(9-4)10-6(11-12)15(8,13)14/h1-2H,3H2,(H2,8,13,14). The molecule has 0 unspecified atom stereocenters. The van der Waals surface area contributed by atoms with Gasteiger partial charge in [0, 0.05) is 6.20 Å². The van der Waals surface area contributed by atoms with Crippen LogP contribution in [-0.4, -0.2) is 28.0 Å². The number of halogens is 1. The van der Waals surface area contributed by atoms with Gasteiger partial charge >= 0.3 is 0 Å². The summed E-state index contributed by atoms with van der Waals surface area (Å²) in [5.41, 5.74) is 0.149. The van der Waals surface area contributed by atoms with E-state index >= 15 is 0 Å². The monoisotopic (exact) mass is 231 g/mol. The van der Waals surface area contributed by atoms with E-state index in [9.17, 15) is 12.8 Å². The Kier molecular flexibility index (Phi) is 2.12. The van der Waals surface area contributed by atoms with Crippen LogP contribution in [-0.2, 0) is 16.7 Å². The molecule has 9 heteroatoms. The van der Waals surface area contributed by atoms with Crippen LogP contribution in [0.4, 0.5) is 4.39 Å². The lowest BCUT2D eigenvalue weighted by molar-refractivity contribution is 0.476. The Morgan fingerprint density at radius 1 is 1.47 bits per heavy atom. The third-order valence-electron chi connectivity index (χ3n) is 1.64. The summed E-state index contributed by atoms with van der Waals surface area (Å²) in [5, 5.41) is 7.85. The molecule has 0 bridgehead atoms. The molecule has 80 valence electrons. The van der Waals surface area contributed by atoms with Gasteiger partial charge in [-0.25, -0.2) is 27.4 Å². The number of fused-ring (bicyclic) bond motifs is 1. The SMILES string of the molecule is NS(=O)(=O)c1nc2nc(CF)ccn2n1. The predicted octanol–water partition coefficient (Wildman–Crippen LogP) is -0.759. The average Bonchev–Trinajstić information content (AvgIpc) is 2.59. The third-order valence-corrected chi connectivity index (χ3v) is 2.32.